The summed E-state index contributed by atoms with van der Waals surface area (Å²) in [5.41, 5.74) is 1.07. The van der Waals surface area contributed by atoms with Gasteiger partial charge in [-0.05, 0) is 17.7 Å². The highest BCUT2D eigenvalue weighted by molar-refractivity contribution is 9.10. The van der Waals surface area contributed by atoms with Crippen molar-refractivity contribution in [3.63, 3.8) is 0 Å². The second-order valence-electron chi connectivity index (χ2n) is 5.90. The molecular formula is C16H19BrN2O4. The molecule has 6 nitrogen and oxygen atoms in total. The number of ether oxygens (including phenoxy) is 1. The minimum Gasteiger partial charge on any atom is -0.394 e. The molecule has 2 fully saturated rings. The van der Waals surface area contributed by atoms with Crippen molar-refractivity contribution in [1.82, 2.24) is 9.80 Å². The van der Waals surface area contributed by atoms with Gasteiger partial charge in [-0.2, -0.15) is 0 Å². The molecule has 1 aromatic carbocycles. The molecule has 0 bridgehead atoms. The van der Waals surface area contributed by atoms with Crippen molar-refractivity contribution < 1.29 is 19.4 Å². The fourth-order valence-electron chi connectivity index (χ4n) is 3.59. The second kappa shape index (κ2) is 6.59. The number of piperazine rings is 1. The zero-order valence-corrected chi connectivity index (χ0v) is 14.4. The van der Waals surface area contributed by atoms with E-state index in [0.29, 0.717) is 6.54 Å². The predicted octanol–water partition coefficient (Wildman–Crippen LogP) is 0.593. The molecule has 2 amide bonds. The van der Waals surface area contributed by atoms with Crippen LogP contribution in [0.3, 0.4) is 0 Å². The maximum Gasteiger partial charge on any atom is 0.249 e. The first-order chi connectivity index (χ1) is 11.1. The van der Waals surface area contributed by atoms with Gasteiger partial charge in [0.25, 0.3) is 0 Å². The molecule has 0 unspecified atom stereocenters. The van der Waals surface area contributed by atoms with Crippen LogP contribution in [0.25, 0.3) is 0 Å². The monoisotopic (exact) mass is 382 g/mol. The average molecular weight is 383 g/mol. The molecule has 0 aliphatic carbocycles. The van der Waals surface area contributed by atoms with Crippen molar-refractivity contribution in [2.24, 2.45) is 0 Å². The molecule has 2 saturated heterocycles. The first-order valence-electron chi connectivity index (χ1n) is 7.51. The summed E-state index contributed by atoms with van der Waals surface area (Å²) >= 11 is 3.41. The third-order valence-corrected chi connectivity index (χ3v) is 5.16. The maximum absolute atomic E-state index is 12.3. The Kier molecular flexibility index (Phi) is 4.70. The molecular weight excluding hydrogens is 364 g/mol. The van der Waals surface area contributed by atoms with Crippen LogP contribution in [0.1, 0.15) is 11.5 Å². The van der Waals surface area contributed by atoms with Crippen LogP contribution in [0.5, 0.6) is 0 Å². The lowest BCUT2D eigenvalue weighted by Crippen LogP contribution is -2.73. The van der Waals surface area contributed by atoms with Gasteiger partial charge < -0.3 is 19.6 Å². The number of hydrogen-bond acceptors (Lipinski definition) is 4. The normalized spacial score (nSPS) is 26.7. The number of halogens is 1. The summed E-state index contributed by atoms with van der Waals surface area (Å²) in [4.78, 5) is 27.7. The molecule has 3 atom stereocenters. The molecule has 0 aromatic heterocycles. The Morgan fingerprint density at radius 1 is 1.39 bits per heavy atom. The van der Waals surface area contributed by atoms with Crippen LogP contribution in [0.4, 0.5) is 0 Å². The van der Waals surface area contributed by atoms with Crippen LogP contribution in [0.15, 0.2) is 28.7 Å². The maximum atomic E-state index is 12.3. The Morgan fingerprint density at radius 3 is 2.70 bits per heavy atom. The number of rotatable bonds is 4. The van der Waals surface area contributed by atoms with E-state index in [4.69, 9.17) is 4.74 Å². The van der Waals surface area contributed by atoms with Crippen molar-refractivity contribution in [3.8, 4) is 0 Å². The molecule has 1 N–H and O–H groups in total. The summed E-state index contributed by atoms with van der Waals surface area (Å²) in [5.74, 6) is -0.254. The summed E-state index contributed by atoms with van der Waals surface area (Å²) in [6.45, 7) is 0.439. The third-order valence-electron chi connectivity index (χ3n) is 4.63. The van der Waals surface area contributed by atoms with E-state index < -0.39 is 0 Å². The molecule has 124 valence electrons. The molecule has 23 heavy (non-hydrogen) atoms. The summed E-state index contributed by atoms with van der Waals surface area (Å²) in [7, 11) is 1.46. The van der Waals surface area contributed by atoms with E-state index in [-0.39, 0.29) is 49.6 Å². The summed E-state index contributed by atoms with van der Waals surface area (Å²) in [5, 5.41) is 9.68. The van der Waals surface area contributed by atoms with Crippen molar-refractivity contribution in [2.45, 2.75) is 18.0 Å². The standard InChI is InChI=1S/C16H19BrN2O4/c1-23-9-15(22)18-6-12-16(10-2-4-11(17)5-3-10)13(8-20)19(12)14(21)7-18/h2-5,12-13,16,20H,6-9H2,1H3/t12-,13-,16-/m0/s1. The Labute approximate surface area is 143 Å². The quantitative estimate of drug-likeness (QED) is 0.827. The van der Waals surface area contributed by atoms with Gasteiger partial charge in [-0.1, -0.05) is 28.1 Å². The Bertz CT molecular complexity index is 607. The van der Waals surface area contributed by atoms with Gasteiger partial charge in [0.1, 0.15) is 6.61 Å². The number of fused-ring (bicyclic) bond motifs is 1. The molecule has 0 radical (unpaired) electrons. The molecule has 1 aromatic rings. The van der Waals surface area contributed by atoms with Crippen molar-refractivity contribution in [2.75, 3.05) is 33.4 Å². The smallest absolute Gasteiger partial charge is 0.249 e. The molecule has 2 heterocycles. The average Bonchev–Trinajstić information content (AvgIpc) is 2.51. The Balaban J connectivity index is 1.82. The lowest BCUT2D eigenvalue weighted by Gasteiger charge is -2.58. The van der Waals surface area contributed by atoms with Crippen molar-refractivity contribution in [3.05, 3.63) is 34.3 Å². The summed E-state index contributed by atoms with van der Waals surface area (Å²) in [6, 6.07) is 7.59. The number of aliphatic hydroxyl groups is 1. The zero-order valence-electron chi connectivity index (χ0n) is 12.8. The number of hydrogen-bond donors (Lipinski definition) is 1. The highest BCUT2D eigenvalue weighted by atomic mass is 79.9. The fraction of sp³-hybridized carbons (Fsp3) is 0.500. The van der Waals surface area contributed by atoms with Crippen LogP contribution in [0.2, 0.25) is 0 Å². The summed E-state index contributed by atoms with van der Waals surface area (Å²) < 4.78 is 5.86. The van der Waals surface area contributed by atoms with Gasteiger partial charge in [0.05, 0.1) is 25.2 Å². The molecule has 0 saturated carbocycles. The van der Waals surface area contributed by atoms with Gasteiger partial charge in [-0.25, -0.2) is 0 Å². The van der Waals surface area contributed by atoms with E-state index >= 15 is 0 Å². The van der Waals surface area contributed by atoms with Crippen LogP contribution in [-0.4, -0.2) is 72.2 Å². The second-order valence-corrected chi connectivity index (χ2v) is 6.82. The molecule has 0 spiro atoms. The van der Waals surface area contributed by atoms with E-state index in [1.807, 2.05) is 24.3 Å². The number of aliphatic hydroxyl groups excluding tert-OH is 1. The highest BCUT2D eigenvalue weighted by Gasteiger charge is 2.54. The zero-order chi connectivity index (χ0) is 16.6. The van der Waals surface area contributed by atoms with Gasteiger partial charge in [-0.3, -0.25) is 9.59 Å². The van der Waals surface area contributed by atoms with Crippen LogP contribution < -0.4 is 0 Å². The SMILES string of the molecule is COCC(=O)N1CC(=O)N2[C@@H](CO)[C@@H](c3ccc(Br)cc3)[C@@H]2C1. The lowest BCUT2D eigenvalue weighted by molar-refractivity contribution is -0.168. The summed E-state index contributed by atoms with van der Waals surface area (Å²) in [6.07, 6.45) is 0. The minimum atomic E-state index is -0.214. The number of nitrogens with zero attached hydrogens (tertiary/aromatic N) is 2. The van der Waals surface area contributed by atoms with Crippen LogP contribution in [-0.2, 0) is 14.3 Å². The lowest BCUT2D eigenvalue weighted by atomic mass is 9.74. The number of carbonyl (C=O) groups excluding carboxylic acids is 2. The van der Waals surface area contributed by atoms with E-state index in [2.05, 4.69) is 15.9 Å². The van der Waals surface area contributed by atoms with E-state index in [0.717, 1.165) is 10.0 Å². The minimum absolute atomic E-state index is 0.0214. The van der Waals surface area contributed by atoms with Crippen molar-refractivity contribution >= 4 is 27.7 Å². The van der Waals surface area contributed by atoms with Gasteiger partial charge in [0, 0.05) is 24.0 Å². The molecule has 3 rings (SSSR count). The van der Waals surface area contributed by atoms with Gasteiger partial charge in [0.15, 0.2) is 0 Å². The third kappa shape index (κ3) is 2.88. The number of carbonyl (C=O) groups is 2. The number of methoxy groups -OCH3 is 1. The van der Waals surface area contributed by atoms with Gasteiger partial charge in [0.2, 0.25) is 11.8 Å². The number of amides is 2. The first kappa shape index (κ1) is 16.4. The van der Waals surface area contributed by atoms with E-state index in [9.17, 15) is 14.7 Å². The molecule has 2 aliphatic rings. The Hall–Kier alpha value is -1.44. The fourth-order valence-corrected chi connectivity index (χ4v) is 3.85. The highest BCUT2D eigenvalue weighted by Crippen LogP contribution is 2.43. The van der Waals surface area contributed by atoms with E-state index in [1.54, 1.807) is 9.80 Å². The molecule has 7 heteroatoms. The van der Waals surface area contributed by atoms with Crippen molar-refractivity contribution in [1.29, 1.82) is 0 Å². The number of benzene rings is 1. The topological polar surface area (TPSA) is 70.1 Å². The van der Waals surface area contributed by atoms with Gasteiger partial charge >= 0.3 is 0 Å². The van der Waals surface area contributed by atoms with Gasteiger partial charge in [-0.15, -0.1) is 0 Å². The predicted molar refractivity (Wildman–Crippen MR) is 86.8 cm³/mol. The van der Waals surface area contributed by atoms with Crippen LogP contribution in [0, 0.1) is 0 Å². The first-order valence-corrected chi connectivity index (χ1v) is 8.30. The molecule has 2 aliphatic heterocycles. The Morgan fingerprint density at radius 2 is 2.09 bits per heavy atom. The van der Waals surface area contributed by atoms with E-state index in [1.165, 1.54) is 7.11 Å². The van der Waals surface area contributed by atoms with Crippen LogP contribution >= 0.6 is 15.9 Å². The largest absolute Gasteiger partial charge is 0.394 e.